The molecule has 0 spiro atoms. The van der Waals surface area contributed by atoms with Gasteiger partial charge in [-0.1, -0.05) is 91.0 Å². The quantitative estimate of drug-likeness (QED) is 0.311. The zero-order valence-corrected chi connectivity index (χ0v) is 18.3. The molecule has 6 rings (SSSR count). The summed E-state index contributed by atoms with van der Waals surface area (Å²) in [6.07, 6.45) is 7.21. The van der Waals surface area contributed by atoms with E-state index in [1.54, 1.807) is 0 Å². The van der Waals surface area contributed by atoms with Crippen molar-refractivity contribution >= 4 is 33.3 Å². The Bertz CT molecular complexity index is 1440. The van der Waals surface area contributed by atoms with Gasteiger partial charge in [-0.05, 0) is 41.8 Å². The first-order valence-electron chi connectivity index (χ1n) is 11.4. The molecular formula is C30H25N3. The number of nitrogens with two attached hydrogens (primary N) is 1. The van der Waals surface area contributed by atoms with Crippen molar-refractivity contribution in [3.63, 3.8) is 0 Å². The molecule has 3 nitrogen and oxygen atoms in total. The highest BCUT2D eigenvalue weighted by Crippen LogP contribution is 2.35. The summed E-state index contributed by atoms with van der Waals surface area (Å²) in [5.74, 6) is 0.707. The maximum Gasteiger partial charge on any atom is 0.108 e. The minimum Gasteiger partial charge on any atom is -0.385 e. The van der Waals surface area contributed by atoms with Crippen molar-refractivity contribution in [3.8, 4) is 11.1 Å². The number of allylic oxidation sites excluding steroid dienone is 2. The molecule has 0 amide bonds. The number of benzene rings is 4. The number of hydrogen-bond acceptors (Lipinski definition) is 2. The second-order valence-corrected chi connectivity index (χ2v) is 8.50. The van der Waals surface area contributed by atoms with Crippen LogP contribution in [-0.4, -0.2) is 10.6 Å². The van der Waals surface area contributed by atoms with Gasteiger partial charge in [0.15, 0.2) is 0 Å². The molecule has 1 aromatic heterocycles. The van der Waals surface area contributed by atoms with Crippen molar-refractivity contribution in [1.82, 2.24) is 4.57 Å². The van der Waals surface area contributed by atoms with Gasteiger partial charge in [0.25, 0.3) is 0 Å². The summed E-state index contributed by atoms with van der Waals surface area (Å²) in [6.45, 7) is 0. The Morgan fingerprint density at radius 3 is 2.12 bits per heavy atom. The van der Waals surface area contributed by atoms with Crippen LogP contribution in [-0.2, 0) is 6.42 Å². The first kappa shape index (κ1) is 19.4. The van der Waals surface area contributed by atoms with Crippen molar-refractivity contribution in [3.05, 3.63) is 121 Å². The molecule has 0 saturated carbocycles. The van der Waals surface area contributed by atoms with E-state index in [4.69, 9.17) is 5.73 Å². The lowest BCUT2D eigenvalue weighted by Gasteiger charge is -2.14. The summed E-state index contributed by atoms with van der Waals surface area (Å²) in [5, 5.41) is 6.14. The van der Waals surface area contributed by atoms with E-state index in [1.807, 2.05) is 6.08 Å². The molecule has 1 unspecified atom stereocenters. The predicted octanol–water partition coefficient (Wildman–Crippen LogP) is 6.81. The first-order valence-corrected chi connectivity index (χ1v) is 11.4. The number of rotatable bonds is 3. The summed E-state index contributed by atoms with van der Waals surface area (Å²) in [5.41, 5.74) is 13.9. The Labute approximate surface area is 193 Å². The molecule has 33 heavy (non-hydrogen) atoms. The van der Waals surface area contributed by atoms with Gasteiger partial charge in [0.2, 0.25) is 0 Å². The summed E-state index contributed by atoms with van der Waals surface area (Å²) < 4.78 is 2.14. The van der Waals surface area contributed by atoms with Crippen molar-refractivity contribution in [2.75, 3.05) is 5.32 Å². The summed E-state index contributed by atoms with van der Waals surface area (Å²) in [7, 11) is 0. The van der Waals surface area contributed by atoms with Gasteiger partial charge in [0.1, 0.15) is 5.82 Å². The largest absolute Gasteiger partial charge is 0.385 e. The average molecular weight is 428 g/mol. The van der Waals surface area contributed by atoms with Crippen LogP contribution in [0.25, 0.3) is 38.8 Å². The predicted molar refractivity (Wildman–Crippen MR) is 140 cm³/mol. The Kier molecular flexibility index (Phi) is 4.73. The lowest BCUT2D eigenvalue weighted by atomic mass is 9.97. The molecule has 160 valence electrons. The maximum absolute atomic E-state index is 6.62. The topological polar surface area (TPSA) is 43.0 Å². The summed E-state index contributed by atoms with van der Waals surface area (Å²) in [4.78, 5) is 0. The van der Waals surface area contributed by atoms with Crippen LogP contribution in [0.2, 0.25) is 0 Å². The molecule has 0 radical (unpaired) electrons. The normalized spacial score (nSPS) is 15.9. The Morgan fingerprint density at radius 1 is 0.758 bits per heavy atom. The molecule has 1 aliphatic rings. The molecule has 0 saturated heterocycles. The SMILES string of the molecule is N/C(=C\C=C/C1Cc2ccccc2-c2ccccc2N1)n1c2ccccc2c2ccccc21. The fraction of sp³-hybridized carbons (Fsp3) is 0.0667. The third-order valence-corrected chi connectivity index (χ3v) is 6.46. The van der Waals surface area contributed by atoms with Crippen molar-refractivity contribution in [2.24, 2.45) is 5.73 Å². The van der Waals surface area contributed by atoms with Crippen LogP contribution in [0.15, 0.2) is 115 Å². The third-order valence-electron chi connectivity index (χ3n) is 6.46. The van der Waals surface area contributed by atoms with Gasteiger partial charge in [-0.25, -0.2) is 0 Å². The molecule has 3 N–H and O–H groups in total. The smallest absolute Gasteiger partial charge is 0.108 e. The van der Waals surface area contributed by atoms with Crippen LogP contribution >= 0.6 is 0 Å². The fourth-order valence-electron chi connectivity index (χ4n) is 4.97. The fourth-order valence-corrected chi connectivity index (χ4v) is 4.97. The minimum absolute atomic E-state index is 0.178. The highest BCUT2D eigenvalue weighted by molar-refractivity contribution is 6.09. The van der Waals surface area contributed by atoms with E-state index in [1.165, 1.54) is 27.5 Å². The Hall–Kier alpha value is -4.24. The molecule has 0 bridgehead atoms. The van der Waals surface area contributed by atoms with Gasteiger partial charge in [0.05, 0.1) is 11.0 Å². The van der Waals surface area contributed by atoms with Crippen LogP contribution in [0.5, 0.6) is 0 Å². The summed E-state index contributed by atoms with van der Waals surface area (Å²) >= 11 is 0. The highest BCUT2D eigenvalue weighted by Gasteiger charge is 2.18. The number of hydrogen-bond donors (Lipinski definition) is 2. The summed E-state index contributed by atoms with van der Waals surface area (Å²) in [6, 6.07) is 34.2. The van der Waals surface area contributed by atoms with E-state index in [9.17, 15) is 0 Å². The van der Waals surface area contributed by atoms with Gasteiger partial charge < -0.3 is 11.1 Å². The van der Waals surface area contributed by atoms with E-state index in [0.29, 0.717) is 5.82 Å². The molecule has 1 aliphatic heterocycles. The van der Waals surface area contributed by atoms with Gasteiger partial charge in [-0.2, -0.15) is 0 Å². The van der Waals surface area contributed by atoms with Crippen LogP contribution in [0.4, 0.5) is 5.69 Å². The molecule has 1 atom stereocenters. The first-order chi connectivity index (χ1) is 16.3. The molecule has 5 aromatic rings. The molecule has 4 aromatic carbocycles. The number of para-hydroxylation sites is 3. The van der Waals surface area contributed by atoms with Crippen LogP contribution < -0.4 is 11.1 Å². The molecule has 0 aliphatic carbocycles. The number of anilines is 1. The number of nitrogens with zero attached hydrogens (tertiary/aromatic N) is 1. The number of aromatic nitrogens is 1. The second kappa shape index (κ2) is 8.03. The zero-order chi connectivity index (χ0) is 22.2. The highest BCUT2D eigenvalue weighted by atomic mass is 15.1. The molecule has 0 fully saturated rings. The number of fused-ring (bicyclic) bond motifs is 6. The third kappa shape index (κ3) is 3.39. The van der Waals surface area contributed by atoms with Crippen LogP contribution in [0.3, 0.4) is 0 Å². The van der Waals surface area contributed by atoms with Crippen molar-refractivity contribution < 1.29 is 0 Å². The lowest BCUT2D eigenvalue weighted by molar-refractivity contribution is 0.874. The van der Waals surface area contributed by atoms with Crippen LogP contribution in [0.1, 0.15) is 5.56 Å². The molecule has 2 heterocycles. The van der Waals surface area contributed by atoms with Gasteiger partial charge in [-0.15, -0.1) is 0 Å². The maximum atomic E-state index is 6.62. The van der Waals surface area contributed by atoms with E-state index >= 15 is 0 Å². The molecular weight excluding hydrogens is 402 g/mol. The van der Waals surface area contributed by atoms with Gasteiger partial charge in [0, 0.05) is 28.1 Å². The van der Waals surface area contributed by atoms with E-state index in [-0.39, 0.29) is 6.04 Å². The lowest BCUT2D eigenvalue weighted by Crippen LogP contribution is -2.18. The van der Waals surface area contributed by atoms with Crippen LogP contribution in [0, 0.1) is 0 Å². The van der Waals surface area contributed by atoms with Crippen molar-refractivity contribution in [2.45, 2.75) is 12.5 Å². The number of nitrogens with one attached hydrogen (secondary N) is 1. The van der Waals surface area contributed by atoms with Gasteiger partial charge >= 0.3 is 0 Å². The van der Waals surface area contributed by atoms with E-state index in [2.05, 4.69) is 119 Å². The van der Waals surface area contributed by atoms with E-state index < -0.39 is 0 Å². The minimum atomic E-state index is 0.178. The standard InChI is InChI=1S/C30H25N3/c31-30(33-28-17-7-4-14-25(28)26-15-5-8-18-29(26)33)19-9-11-22-20-21-10-1-2-12-23(21)24-13-3-6-16-27(24)32-22/h1-19,22,32H,20,31H2/b11-9-,30-19+. The Balaban J connectivity index is 1.36. The molecule has 3 heteroatoms. The average Bonchev–Trinajstić information content (AvgIpc) is 3.10. The second-order valence-electron chi connectivity index (χ2n) is 8.50. The zero-order valence-electron chi connectivity index (χ0n) is 18.3. The van der Waals surface area contributed by atoms with Gasteiger partial charge in [-0.3, -0.25) is 4.57 Å². The van der Waals surface area contributed by atoms with Crippen molar-refractivity contribution in [1.29, 1.82) is 0 Å². The monoisotopic (exact) mass is 427 g/mol. The Morgan fingerprint density at radius 2 is 1.36 bits per heavy atom. The van der Waals surface area contributed by atoms with E-state index in [0.717, 1.165) is 23.1 Å².